The van der Waals surface area contributed by atoms with E-state index in [1.165, 1.54) is 13.2 Å². The molecule has 2 heterocycles. The Labute approximate surface area is 136 Å². The summed E-state index contributed by atoms with van der Waals surface area (Å²) in [5.74, 6) is 0.110. The van der Waals surface area contributed by atoms with Crippen LogP contribution in [0.4, 0.5) is 5.69 Å². The Morgan fingerprint density at radius 3 is 2.96 bits per heavy atom. The molecule has 1 amide bonds. The van der Waals surface area contributed by atoms with E-state index in [4.69, 9.17) is 4.74 Å². The molecule has 0 atom stereocenters. The number of aromatic amines is 1. The third-order valence-corrected chi connectivity index (χ3v) is 3.54. The minimum Gasteiger partial charge on any atom is -0.481 e. The molecule has 0 spiro atoms. The molecule has 24 heavy (non-hydrogen) atoms. The predicted molar refractivity (Wildman–Crippen MR) is 86.9 cm³/mol. The van der Waals surface area contributed by atoms with Crippen molar-refractivity contribution in [3.8, 4) is 5.88 Å². The number of aromatic nitrogens is 2. The molecule has 0 bridgehead atoms. The summed E-state index contributed by atoms with van der Waals surface area (Å²) < 4.78 is 5.03. The highest BCUT2D eigenvalue weighted by Crippen LogP contribution is 2.25. The second-order valence-electron chi connectivity index (χ2n) is 5.07. The maximum Gasteiger partial charge on any atom is 0.293 e. The number of hydrogen-bond acceptors (Lipinski definition) is 5. The molecule has 0 aliphatic rings. The fourth-order valence-electron chi connectivity index (χ4n) is 2.36. The molecular formula is C16H14N4O4. The first kappa shape index (κ1) is 15.5. The molecule has 0 fully saturated rings. The zero-order valence-corrected chi connectivity index (χ0v) is 12.8. The molecule has 122 valence electrons. The van der Waals surface area contributed by atoms with E-state index >= 15 is 0 Å². The number of nitro groups is 1. The van der Waals surface area contributed by atoms with Crippen molar-refractivity contribution in [2.45, 2.75) is 6.54 Å². The number of fused-ring (bicyclic) bond motifs is 1. The predicted octanol–water partition coefficient (Wildman–Crippen LogP) is 2.41. The molecule has 3 rings (SSSR count). The van der Waals surface area contributed by atoms with Crippen LogP contribution in [-0.4, -0.2) is 27.9 Å². The lowest BCUT2D eigenvalue weighted by molar-refractivity contribution is -0.383. The smallest absolute Gasteiger partial charge is 0.293 e. The number of pyridine rings is 1. The number of hydrogen-bond donors (Lipinski definition) is 2. The highest BCUT2D eigenvalue weighted by Gasteiger charge is 2.16. The molecule has 0 aliphatic heterocycles. The zero-order valence-electron chi connectivity index (χ0n) is 12.8. The van der Waals surface area contributed by atoms with Crippen LogP contribution >= 0.6 is 0 Å². The number of carbonyl (C=O) groups is 1. The molecule has 0 aliphatic carbocycles. The summed E-state index contributed by atoms with van der Waals surface area (Å²) in [7, 11) is 1.52. The van der Waals surface area contributed by atoms with E-state index in [0.29, 0.717) is 16.8 Å². The summed E-state index contributed by atoms with van der Waals surface area (Å²) in [5, 5.41) is 14.4. The maximum atomic E-state index is 12.3. The van der Waals surface area contributed by atoms with Gasteiger partial charge >= 0.3 is 0 Å². The topological polar surface area (TPSA) is 110 Å². The van der Waals surface area contributed by atoms with Crippen molar-refractivity contribution < 1.29 is 14.5 Å². The van der Waals surface area contributed by atoms with Gasteiger partial charge < -0.3 is 15.0 Å². The minimum absolute atomic E-state index is 0.0644. The molecule has 0 saturated carbocycles. The van der Waals surface area contributed by atoms with E-state index < -0.39 is 4.92 Å². The normalized spacial score (nSPS) is 10.5. The van der Waals surface area contributed by atoms with E-state index in [1.54, 1.807) is 36.5 Å². The van der Waals surface area contributed by atoms with Crippen LogP contribution in [0.1, 0.15) is 16.1 Å². The van der Waals surface area contributed by atoms with Crippen LogP contribution in [0.3, 0.4) is 0 Å². The summed E-state index contributed by atoms with van der Waals surface area (Å²) >= 11 is 0. The number of amides is 1. The SMILES string of the molecule is COc1cc(CNC(=O)c2cc3cccc([N+](=O)[O-])c3[nH]2)ccn1. The van der Waals surface area contributed by atoms with Crippen molar-refractivity contribution in [1.82, 2.24) is 15.3 Å². The first-order chi connectivity index (χ1) is 11.6. The van der Waals surface area contributed by atoms with Crippen LogP contribution in [0.25, 0.3) is 10.9 Å². The molecule has 8 heteroatoms. The summed E-state index contributed by atoms with van der Waals surface area (Å²) in [6, 6.07) is 9.76. The lowest BCUT2D eigenvalue weighted by Gasteiger charge is -2.05. The molecule has 2 aromatic heterocycles. The van der Waals surface area contributed by atoms with Gasteiger partial charge in [0.25, 0.3) is 11.6 Å². The average molecular weight is 326 g/mol. The van der Waals surface area contributed by atoms with Crippen LogP contribution in [0, 0.1) is 10.1 Å². The maximum absolute atomic E-state index is 12.3. The molecule has 0 unspecified atom stereocenters. The number of non-ortho nitro benzene ring substituents is 1. The van der Waals surface area contributed by atoms with Crippen molar-refractivity contribution in [2.75, 3.05) is 7.11 Å². The number of rotatable bonds is 5. The number of benzene rings is 1. The number of methoxy groups -OCH3 is 1. The molecule has 2 N–H and O–H groups in total. The number of nitrogens with one attached hydrogen (secondary N) is 2. The first-order valence-electron chi connectivity index (χ1n) is 7.11. The summed E-state index contributed by atoms with van der Waals surface area (Å²) in [5.41, 5.74) is 1.36. The van der Waals surface area contributed by atoms with Gasteiger partial charge in [-0.1, -0.05) is 12.1 Å². The van der Waals surface area contributed by atoms with Gasteiger partial charge in [-0.15, -0.1) is 0 Å². The van der Waals surface area contributed by atoms with Gasteiger partial charge in [-0.3, -0.25) is 14.9 Å². The third kappa shape index (κ3) is 3.02. The number of ether oxygens (including phenoxy) is 1. The van der Waals surface area contributed by atoms with Crippen LogP contribution in [0.2, 0.25) is 0 Å². The van der Waals surface area contributed by atoms with Gasteiger partial charge in [0.1, 0.15) is 11.2 Å². The number of carbonyl (C=O) groups excluding carboxylic acids is 1. The van der Waals surface area contributed by atoms with Gasteiger partial charge in [-0.05, 0) is 17.7 Å². The highest BCUT2D eigenvalue weighted by molar-refractivity contribution is 6.00. The van der Waals surface area contributed by atoms with Crippen LogP contribution in [-0.2, 0) is 6.54 Å². The molecule has 1 aromatic carbocycles. The summed E-state index contributed by atoms with van der Waals surface area (Å²) in [6.07, 6.45) is 1.59. The molecule has 8 nitrogen and oxygen atoms in total. The summed E-state index contributed by atoms with van der Waals surface area (Å²) in [4.78, 5) is 29.6. The molecule has 0 radical (unpaired) electrons. The van der Waals surface area contributed by atoms with Gasteiger partial charge in [-0.25, -0.2) is 4.98 Å². The van der Waals surface area contributed by atoms with E-state index in [1.807, 2.05) is 0 Å². The van der Waals surface area contributed by atoms with Gasteiger partial charge in [-0.2, -0.15) is 0 Å². The average Bonchev–Trinajstić information content (AvgIpc) is 3.03. The molecular weight excluding hydrogens is 312 g/mol. The fourth-order valence-corrected chi connectivity index (χ4v) is 2.36. The van der Waals surface area contributed by atoms with E-state index in [9.17, 15) is 14.9 Å². The summed E-state index contributed by atoms with van der Waals surface area (Å²) in [6.45, 7) is 0.287. The van der Waals surface area contributed by atoms with Crippen molar-refractivity contribution in [2.24, 2.45) is 0 Å². The Balaban J connectivity index is 1.79. The largest absolute Gasteiger partial charge is 0.481 e. The minimum atomic E-state index is -0.482. The molecule has 0 saturated heterocycles. The monoisotopic (exact) mass is 326 g/mol. The lowest BCUT2D eigenvalue weighted by Crippen LogP contribution is -2.23. The van der Waals surface area contributed by atoms with Crippen molar-refractivity contribution in [3.05, 3.63) is 64.0 Å². The molecule has 3 aromatic rings. The second-order valence-corrected chi connectivity index (χ2v) is 5.07. The van der Waals surface area contributed by atoms with Gasteiger partial charge in [0.2, 0.25) is 5.88 Å². The first-order valence-corrected chi connectivity index (χ1v) is 7.11. The highest BCUT2D eigenvalue weighted by atomic mass is 16.6. The Morgan fingerprint density at radius 1 is 1.38 bits per heavy atom. The Hall–Kier alpha value is -3.42. The Bertz CT molecular complexity index is 919. The van der Waals surface area contributed by atoms with Gasteiger partial charge in [0.15, 0.2) is 0 Å². The van der Waals surface area contributed by atoms with Gasteiger partial charge in [0, 0.05) is 30.3 Å². The van der Waals surface area contributed by atoms with Crippen LogP contribution < -0.4 is 10.1 Å². The fraction of sp³-hybridized carbons (Fsp3) is 0.125. The third-order valence-electron chi connectivity index (χ3n) is 3.54. The zero-order chi connectivity index (χ0) is 17.1. The quantitative estimate of drug-likeness (QED) is 0.552. The number of nitro benzene ring substituents is 1. The van der Waals surface area contributed by atoms with Crippen molar-refractivity contribution in [1.29, 1.82) is 0 Å². The number of para-hydroxylation sites is 1. The Kier molecular flexibility index (Phi) is 4.11. The van der Waals surface area contributed by atoms with Crippen molar-refractivity contribution >= 4 is 22.5 Å². The second kappa shape index (κ2) is 6.37. The Morgan fingerprint density at radius 2 is 2.21 bits per heavy atom. The van der Waals surface area contributed by atoms with E-state index in [0.717, 1.165) is 5.56 Å². The van der Waals surface area contributed by atoms with Crippen molar-refractivity contribution in [3.63, 3.8) is 0 Å². The van der Waals surface area contributed by atoms with E-state index in [-0.39, 0.29) is 23.8 Å². The van der Waals surface area contributed by atoms with Gasteiger partial charge in [0.05, 0.1) is 12.0 Å². The standard InChI is InChI=1S/C16H14N4O4/c1-24-14-7-10(5-6-17-14)9-18-16(21)12-8-11-3-2-4-13(20(22)23)15(11)19-12/h2-8,19H,9H2,1H3,(H,18,21). The van der Waals surface area contributed by atoms with E-state index in [2.05, 4.69) is 15.3 Å². The number of nitrogens with zero attached hydrogens (tertiary/aromatic N) is 2. The number of H-pyrrole nitrogens is 1. The van der Waals surface area contributed by atoms with Crippen LogP contribution in [0.15, 0.2) is 42.6 Å². The van der Waals surface area contributed by atoms with Crippen LogP contribution in [0.5, 0.6) is 5.88 Å². The lowest BCUT2D eigenvalue weighted by atomic mass is 10.2.